The Morgan fingerprint density at radius 1 is 1.09 bits per heavy atom. The zero-order valence-corrected chi connectivity index (χ0v) is 7.34. The smallest absolute Gasteiger partial charge is 0.0596 e. The lowest BCUT2D eigenvalue weighted by Gasteiger charge is -2.50. The molecule has 2 aliphatic carbocycles. The number of aliphatic hydroxyl groups excluding tert-OH is 1. The van der Waals surface area contributed by atoms with E-state index in [1.165, 1.54) is 32.1 Å². The fraction of sp³-hybridized carbons (Fsp3) is 1.00. The van der Waals surface area contributed by atoms with Gasteiger partial charge in [0.25, 0.3) is 0 Å². The van der Waals surface area contributed by atoms with Crippen molar-refractivity contribution in [2.75, 3.05) is 0 Å². The molecule has 1 nitrogen and oxygen atoms in total. The van der Waals surface area contributed by atoms with Crippen LogP contribution in [0.25, 0.3) is 0 Å². The molecule has 0 aromatic carbocycles. The van der Waals surface area contributed by atoms with Crippen molar-refractivity contribution in [3.63, 3.8) is 0 Å². The molecule has 1 atom stereocenters. The van der Waals surface area contributed by atoms with Gasteiger partial charge in [-0.2, -0.15) is 0 Å². The van der Waals surface area contributed by atoms with E-state index in [1.54, 1.807) is 0 Å². The molecule has 0 heterocycles. The standard InChI is InChI=1S/C10H18O/c1-8-2-5-10(6-3-8)7-4-9(10)11/h8-9,11H,2-7H2,1H3/t8?,9-,10?/m1/s1. The summed E-state index contributed by atoms with van der Waals surface area (Å²) in [4.78, 5) is 0. The second-order valence-electron chi connectivity index (χ2n) is 4.60. The molecule has 64 valence electrons. The monoisotopic (exact) mass is 154 g/mol. The molecule has 0 saturated heterocycles. The van der Waals surface area contributed by atoms with Crippen molar-refractivity contribution in [1.29, 1.82) is 0 Å². The first-order valence-electron chi connectivity index (χ1n) is 4.91. The molecule has 0 amide bonds. The molecule has 1 heteroatoms. The van der Waals surface area contributed by atoms with Crippen molar-refractivity contribution in [2.24, 2.45) is 11.3 Å². The van der Waals surface area contributed by atoms with E-state index in [1.807, 2.05) is 0 Å². The molecule has 0 unspecified atom stereocenters. The average molecular weight is 154 g/mol. The van der Waals surface area contributed by atoms with Crippen LogP contribution < -0.4 is 0 Å². The predicted molar refractivity (Wildman–Crippen MR) is 45.3 cm³/mol. The van der Waals surface area contributed by atoms with Gasteiger partial charge in [-0.15, -0.1) is 0 Å². The maximum Gasteiger partial charge on any atom is 0.0596 e. The largest absolute Gasteiger partial charge is 0.393 e. The molecule has 0 aromatic rings. The molecule has 0 radical (unpaired) electrons. The van der Waals surface area contributed by atoms with Crippen molar-refractivity contribution in [1.82, 2.24) is 0 Å². The van der Waals surface area contributed by atoms with Crippen LogP contribution in [0.4, 0.5) is 0 Å². The van der Waals surface area contributed by atoms with E-state index in [0.717, 1.165) is 12.3 Å². The van der Waals surface area contributed by atoms with Crippen molar-refractivity contribution < 1.29 is 5.11 Å². The Balaban J connectivity index is 1.96. The second kappa shape index (κ2) is 2.48. The molecule has 11 heavy (non-hydrogen) atoms. The summed E-state index contributed by atoms with van der Waals surface area (Å²) in [5.41, 5.74) is 0.395. The highest BCUT2D eigenvalue weighted by atomic mass is 16.3. The minimum atomic E-state index is 0.0509. The Bertz CT molecular complexity index is 145. The first-order chi connectivity index (χ1) is 5.23. The summed E-state index contributed by atoms with van der Waals surface area (Å²) in [6.07, 6.45) is 7.67. The minimum absolute atomic E-state index is 0.0509. The van der Waals surface area contributed by atoms with Crippen molar-refractivity contribution in [3.05, 3.63) is 0 Å². The van der Waals surface area contributed by atoms with Gasteiger partial charge in [0, 0.05) is 0 Å². The summed E-state index contributed by atoms with van der Waals surface area (Å²) in [5.74, 6) is 0.911. The lowest BCUT2D eigenvalue weighted by atomic mass is 9.57. The number of hydrogen-bond acceptors (Lipinski definition) is 1. The fourth-order valence-corrected chi connectivity index (χ4v) is 2.60. The molecule has 0 aromatic heterocycles. The molecule has 2 aliphatic rings. The second-order valence-corrected chi connectivity index (χ2v) is 4.60. The maximum atomic E-state index is 9.61. The van der Waals surface area contributed by atoms with E-state index in [9.17, 15) is 5.11 Å². The molecule has 1 N–H and O–H groups in total. The van der Waals surface area contributed by atoms with Crippen LogP contribution in [0.1, 0.15) is 45.4 Å². The van der Waals surface area contributed by atoms with Gasteiger partial charge in [-0.3, -0.25) is 0 Å². The van der Waals surface area contributed by atoms with Crippen molar-refractivity contribution in [3.8, 4) is 0 Å². The van der Waals surface area contributed by atoms with Crippen LogP contribution in [0.5, 0.6) is 0 Å². The number of aliphatic hydroxyl groups is 1. The van der Waals surface area contributed by atoms with Gasteiger partial charge in [0.15, 0.2) is 0 Å². The minimum Gasteiger partial charge on any atom is -0.393 e. The average Bonchev–Trinajstić information content (AvgIpc) is 2.03. The summed E-state index contributed by atoms with van der Waals surface area (Å²) in [5, 5.41) is 9.61. The zero-order chi connectivity index (χ0) is 7.90. The topological polar surface area (TPSA) is 20.2 Å². The molecule has 2 fully saturated rings. The van der Waals surface area contributed by atoms with Gasteiger partial charge in [0.05, 0.1) is 6.10 Å². The predicted octanol–water partition coefficient (Wildman–Crippen LogP) is 2.34. The van der Waals surface area contributed by atoms with Crippen LogP contribution >= 0.6 is 0 Å². The molecule has 2 saturated carbocycles. The van der Waals surface area contributed by atoms with Gasteiger partial charge in [-0.25, -0.2) is 0 Å². The van der Waals surface area contributed by atoms with Gasteiger partial charge >= 0.3 is 0 Å². The Morgan fingerprint density at radius 2 is 1.64 bits per heavy atom. The van der Waals surface area contributed by atoms with E-state index in [0.29, 0.717) is 5.41 Å². The van der Waals surface area contributed by atoms with E-state index < -0.39 is 0 Å². The summed E-state index contributed by atoms with van der Waals surface area (Å²) in [6, 6.07) is 0. The Kier molecular flexibility index (Phi) is 1.71. The molecule has 0 aliphatic heterocycles. The summed E-state index contributed by atoms with van der Waals surface area (Å²) < 4.78 is 0. The normalized spacial score (nSPS) is 50.7. The lowest BCUT2D eigenvalue weighted by molar-refractivity contribution is -0.0930. The van der Waals surface area contributed by atoms with E-state index in [-0.39, 0.29) is 6.10 Å². The summed E-state index contributed by atoms with van der Waals surface area (Å²) >= 11 is 0. The first kappa shape index (κ1) is 7.60. The number of rotatable bonds is 0. The quantitative estimate of drug-likeness (QED) is 0.568. The van der Waals surface area contributed by atoms with Crippen LogP contribution in [-0.4, -0.2) is 11.2 Å². The lowest BCUT2D eigenvalue weighted by Crippen LogP contribution is -2.46. The van der Waals surface area contributed by atoms with Crippen LogP contribution in [0.15, 0.2) is 0 Å². The third-order valence-corrected chi connectivity index (χ3v) is 3.89. The summed E-state index contributed by atoms with van der Waals surface area (Å²) in [6.45, 7) is 2.33. The van der Waals surface area contributed by atoms with Gasteiger partial charge in [0.2, 0.25) is 0 Å². The van der Waals surface area contributed by atoms with Crippen LogP contribution in [0.3, 0.4) is 0 Å². The molecule has 1 spiro atoms. The zero-order valence-electron chi connectivity index (χ0n) is 7.34. The molecular weight excluding hydrogens is 136 g/mol. The highest BCUT2D eigenvalue weighted by Gasteiger charge is 2.46. The number of hydrogen-bond donors (Lipinski definition) is 1. The Morgan fingerprint density at radius 3 is 2.00 bits per heavy atom. The third kappa shape index (κ3) is 1.10. The highest BCUT2D eigenvalue weighted by molar-refractivity contribution is 4.97. The molecular formula is C10H18O. The van der Waals surface area contributed by atoms with E-state index in [2.05, 4.69) is 6.92 Å². The first-order valence-corrected chi connectivity index (χ1v) is 4.91. The van der Waals surface area contributed by atoms with Crippen molar-refractivity contribution in [2.45, 2.75) is 51.6 Å². The van der Waals surface area contributed by atoms with Gasteiger partial charge in [-0.1, -0.05) is 19.8 Å². The Labute approximate surface area is 68.8 Å². The third-order valence-electron chi connectivity index (χ3n) is 3.89. The van der Waals surface area contributed by atoms with Crippen LogP contribution in [0.2, 0.25) is 0 Å². The van der Waals surface area contributed by atoms with Gasteiger partial charge in [-0.05, 0) is 37.0 Å². The van der Waals surface area contributed by atoms with Gasteiger partial charge in [0.1, 0.15) is 0 Å². The van der Waals surface area contributed by atoms with E-state index in [4.69, 9.17) is 0 Å². The highest BCUT2D eigenvalue weighted by Crippen LogP contribution is 2.52. The van der Waals surface area contributed by atoms with Gasteiger partial charge < -0.3 is 5.11 Å². The fourth-order valence-electron chi connectivity index (χ4n) is 2.60. The SMILES string of the molecule is CC1CCC2(CC1)CC[C@H]2O. The Hall–Kier alpha value is -0.0400. The maximum absolute atomic E-state index is 9.61. The van der Waals surface area contributed by atoms with E-state index >= 15 is 0 Å². The van der Waals surface area contributed by atoms with Crippen LogP contribution in [0, 0.1) is 11.3 Å². The summed E-state index contributed by atoms with van der Waals surface area (Å²) in [7, 11) is 0. The molecule has 0 bridgehead atoms. The van der Waals surface area contributed by atoms with Crippen LogP contribution in [-0.2, 0) is 0 Å². The molecule has 2 rings (SSSR count). The van der Waals surface area contributed by atoms with Crippen molar-refractivity contribution >= 4 is 0 Å².